The van der Waals surface area contributed by atoms with Crippen molar-refractivity contribution in [1.82, 2.24) is 15.2 Å². The third kappa shape index (κ3) is 2.71. The highest BCUT2D eigenvalue weighted by Crippen LogP contribution is 2.07. The molecule has 0 radical (unpaired) electrons. The van der Waals surface area contributed by atoms with E-state index in [2.05, 4.69) is 10.3 Å². The summed E-state index contributed by atoms with van der Waals surface area (Å²) in [5, 5.41) is 2.15. The Kier molecular flexibility index (Phi) is 3.36. The summed E-state index contributed by atoms with van der Waals surface area (Å²) in [5.41, 5.74) is 1.58. The Morgan fingerprint density at radius 1 is 1.39 bits per heavy atom. The minimum Gasteiger partial charge on any atom is -0.324 e. The first-order valence-electron chi connectivity index (χ1n) is 5.57. The zero-order chi connectivity index (χ0) is 13.1. The van der Waals surface area contributed by atoms with E-state index in [1.165, 1.54) is 4.90 Å². The van der Waals surface area contributed by atoms with E-state index in [9.17, 15) is 14.4 Å². The molecule has 2 heterocycles. The van der Waals surface area contributed by atoms with Crippen molar-refractivity contribution in [3.8, 4) is 0 Å². The van der Waals surface area contributed by atoms with Gasteiger partial charge in [-0.1, -0.05) is 6.07 Å². The van der Waals surface area contributed by atoms with Gasteiger partial charge in [0.15, 0.2) is 0 Å². The van der Waals surface area contributed by atoms with Gasteiger partial charge in [-0.15, -0.1) is 0 Å². The SMILES string of the molecule is Cc1cccnc1CC(=O)N1CC(=O)NC(=O)C1. The molecule has 0 unspecified atom stereocenters. The maximum atomic E-state index is 12.0. The molecule has 0 saturated carbocycles. The van der Waals surface area contributed by atoms with Crippen LogP contribution in [0.5, 0.6) is 0 Å². The Labute approximate surface area is 104 Å². The summed E-state index contributed by atoms with van der Waals surface area (Å²) in [6, 6.07) is 3.66. The van der Waals surface area contributed by atoms with Gasteiger partial charge in [-0.25, -0.2) is 0 Å². The summed E-state index contributed by atoms with van der Waals surface area (Å²) in [5.74, 6) is -1.16. The number of aromatic nitrogens is 1. The lowest BCUT2D eigenvalue weighted by Crippen LogP contribution is -2.53. The van der Waals surface area contributed by atoms with Crippen LogP contribution in [0.4, 0.5) is 0 Å². The molecule has 0 bridgehead atoms. The van der Waals surface area contributed by atoms with Gasteiger partial charge in [-0.05, 0) is 18.6 Å². The van der Waals surface area contributed by atoms with Crippen LogP contribution in [-0.4, -0.2) is 40.7 Å². The highest BCUT2D eigenvalue weighted by atomic mass is 16.2. The quantitative estimate of drug-likeness (QED) is 0.709. The summed E-state index contributed by atoms with van der Waals surface area (Å²) in [6.45, 7) is 1.72. The van der Waals surface area contributed by atoms with Gasteiger partial charge in [0, 0.05) is 6.20 Å². The number of carbonyl (C=O) groups is 3. The van der Waals surface area contributed by atoms with Crippen molar-refractivity contribution < 1.29 is 14.4 Å². The molecule has 1 fully saturated rings. The van der Waals surface area contributed by atoms with Gasteiger partial charge < -0.3 is 4.90 Å². The summed E-state index contributed by atoms with van der Waals surface area (Å²) in [6.07, 6.45) is 1.72. The number of nitrogens with one attached hydrogen (secondary N) is 1. The number of piperazine rings is 1. The van der Waals surface area contributed by atoms with E-state index >= 15 is 0 Å². The fourth-order valence-electron chi connectivity index (χ4n) is 1.77. The van der Waals surface area contributed by atoms with E-state index in [4.69, 9.17) is 0 Å². The second-order valence-electron chi connectivity index (χ2n) is 4.16. The van der Waals surface area contributed by atoms with Crippen LogP contribution in [0.3, 0.4) is 0 Å². The van der Waals surface area contributed by atoms with Crippen LogP contribution in [0.25, 0.3) is 0 Å². The monoisotopic (exact) mass is 247 g/mol. The van der Waals surface area contributed by atoms with Crippen molar-refractivity contribution in [2.24, 2.45) is 0 Å². The summed E-state index contributed by atoms with van der Waals surface area (Å²) in [4.78, 5) is 39.7. The average Bonchev–Trinajstić information content (AvgIpc) is 2.31. The molecule has 6 heteroatoms. The molecular formula is C12H13N3O3. The van der Waals surface area contributed by atoms with E-state index < -0.39 is 11.8 Å². The normalized spacial score (nSPS) is 15.5. The van der Waals surface area contributed by atoms with E-state index in [-0.39, 0.29) is 25.4 Å². The molecule has 18 heavy (non-hydrogen) atoms. The number of pyridine rings is 1. The number of hydrogen-bond donors (Lipinski definition) is 1. The van der Waals surface area contributed by atoms with Crippen LogP contribution in [0.15, 0.2) is 18.3 Å². The van der Waals surface area contributed by atoms with Crippen molar-refractivity contribution in [2.75, 3.05) is 13.1 Å². The first-order chi connectivity index (χ1) is 8.56. The average molecular weight is 247 g/mol. The number of imide groups is 1. The maximum Gasteiger partial charge on any atom is 0.246 e. The zero-order valence-corrected chi connectivity index (χ0v) is 9.97. The maximum absolute atomic E-state index is 12.0. The number of amides is 3. The molecule has 1 saturated heterocycles. The van der Waals surface area contributed by atoms with Crippen LogP contribution in [0.2, 0.25) is 0 Å². The van der Waals surface area contributed by atoms with Crippen molar-refractivity contribution in [1.29, 1.82) is 0 Å². The number of rotatable bonds is 2. The number of aryl methyl sites for hydroxylation is 1. The lowest BCUT2D eigenvalue weighted by molar-refractivity contribution is -0.145. The topological polar surface area (TPSA) is 79.4 Å². The van der Waals surface area contributed by atoms with Crippen LogP contribution in [0, 0.1) is 6.92 Å². The second-order valence-corrected chi connectivity index (χ2v) is 4.16. The minimum atomic E-state index is -0.447. The van der Waals surface area contributed by atoms with Gasteiger partial charge in [0.25, 0.3) is 0 Å². The fourth-order valence-corrected chi connectivity index (χ4v) is 1.77. The molecule has 1 aliphatic rings. The van der Waals surface area contributed by atoms with E-state index in [0.29, 0.717) is 5.69 Å². The first-order valence-corrected chi connectivity index (χ1v) is 5.57. The molecule has 1 aromatic heterocycles. The summed E-state index contributed by atoms with van der Waals surface area (Å²) in [7, 11) is 0. The van der Waals surface area contributed by atoms with Gasteiger partial charge in [-0.3, -0.25) is 24.7 Å². The van der Waals surface area contributed by atoms with Crippen molar-refractivity contribution >= 4 is 17.7 Å². The van der Waals surface area contributed by atoms with Gasteiger partial charge in [0.2, 0.25) is 17.7 Å². The van der Waals surface area contributed by atoms with E-state index in [0.717, 1.165) is 5.56 Å². The lowest BCUT2D eigenvalue weighted by Gasteiger charge is -2.25. The smallest absolute Gasteiger partial charge is 0.246 e. The third-order valence-corrected chi connectivity index (χ3v) is 2.74. The molecule has 94 valence electrons. The Hall–Kier alpha value is -2.24. The predicted molar refractivity (Wildman–Crippen MR) is 62.4 cm³/mol. The van der Waals surface area contributed by atoms with Gasteiger partial charge in [-0.2, -0.15) is 0 Å². The molecule has 1 aromatic rings. The predicted octanol–water partition coefficient (Wildman–Crippen LogP) is -0.582. The third-order valence-electron chi connectivity index (χ3n) is 2.74. The highest BCUT2D eigenvalue weighted by molar-refractivity contribution is 6.02. The largest absolute Gasteiger partial charge is 0.324 e. The second kappa shape index (κ2) is 4.95. The molecule has 1 N–H and O–H groups in total. The lowest BCUT2D eigenvalue weighted by atomic mass is 10.1. The van der Waals surface area contributed by atoms with Crippen LogP contribution in [0.1, 0.15) is 11.3 Å². The summed E-state index contributed by atoms with van der Waals surface area (Å²) >= 11 is 0. The number of hydrogen-bond acceptors (Lipinski definition) is 4. The molecule has 3 amide bonds. The number of carbonyl (C=O) groups excluding carboxylic acids is 3. The molecular weight excluding hydrogens is 234 g/mol. The Morgan fingerprint density at radius 2 is 2.06 bits per heavy atom. The Bertz CT molecular complexity index is 497. The van der Waals surface area contributed by atoms with E-state index in [1.807, 2.05) is 13.0 Å². The molecule has 0 spiro atoms. The minimum absolute atomic E-state index is 0.0730. The molecule has 0 atom stereocenters. The van der Waals surface area contributed by atoms with E-state index in [1.54, 1.807) is 12.3 Å². The zero-order valence-electron chi connectivity index (χ0n) is 9.97. The van der Waals surface area contributed by atoms with Gasteiger partial charge >= 0.3 is 0 Å². The standard InChI is InChI=1S/C12H13N3O3/c1-8-3-2-4-13-9(8)5-12(18)15-6-10(16)14-11(17)7-15/h2-4H,5-7H2,1H3,(H,14,16,17). The van der Waals surface area contributed by atoms with Crippen LogP contribution >= 0.6 is 0 Å². The Morgan fingerprint density at radius 3 is 2.67 bits per heavy atom. The summed E-state index contributed by atoms with van der Waals surface area (Å²) < 4.78 is 0. The molecule has 1 aliphatic heterocycles. The van der Waals surface area contributed by atoms with Crippen LogP contribution < -0.4 is 5.32 Å². The highest BCUT2D eigenvalue weighted by Gasteiger charge is 2.26. The number of nitrogens with zero attached hydrogens (tertiary/aromatic N) is 2. The molecule has 6 nitrogen and oxygen atoms in total. The molecule has 2 rings (SSSR count). The van der Waals surface area contributed by atoms with Crippen molar-refractivity contribution in [2.45, 2.75) is 13.3 Å². The van der Waals surface area contributed by atoms with Crippen LogP contribution in [-0.2, 0) is 20.8 Å². The Balaban J connectivity index is 2.06. The van der Waals surface area contributed by atoms with Crippen molar-refractivity contribution in [3.05, 3.63) is 29.6 Å². The van der Waals surface area contributed by atoms with Crippen molar-refractivity contribution in [3.63, 3.8) is 0 Å². The molecule has 0 aliphatic carbocycles. The van der Waals surface area contributed by atoms with Gasteiger partial charge in [0.1, 0.15) is 13.1 Å². The van der Waals surface area contributed by atoms with Gasteiger partial charge in [0.05, 0.1) is 12.1 Å². The first kappa shape index (κ1) is 12.2. The fraction of sp³-hybridized carbons (Fsp3) is 0.333. The molecule has 0 aromatic carbocycles.